The number of aromatic nitrogens is 2. The summed E-state index contributed by atoms with van der Waals surface area (Å²) >= 11 is 0. The van der Waals surface area contributed by atoms with Crippen LogP contribution in [0.25, 0.3) is 0 Å². The predicted molar refractivity (Wildman–Crippen MR) is 99.3 cm³/mol. The van der Waals surface area contributed by atoms with Gasteiger partial charge in [0.1, 0.15) is 6.10 Å². The van der Waals surface area contributed by atoms with Crippen molar-refractivity contribution in [1.82, 2.24) is 15.1 Å². The third kappa shape index (κ3) is 3.80. The zero-order valence-electron chi connectivity index (χ0n) is 15.1. The van der Waals surface area contributed by atoms with Crippen LogP contribution in [-0.4, -0.2) is 29.0 Å². The maximum absolute atomic E-state index is 6.03. The summed E-state index contributed by atoms with van der Waals surface area (Å²) in [5, 5.41) is 8.20. The van der Waals surface area contributed by atoms with Crippen LogP contribution in [0.3, 0.4) is 0 Å². The van der Waals surface area contributed by atoms with Crippen LogP contribution in [0.2, 0.25) is 0 Å². The molecule has 2 aromatic rings. The highest BCUT2D eigenvalue weighted by molar-refractivity contribution is 5.16. The first-order valence-electron chi connectivity index (χ1n) is 9.68. The fourth-order valence-corrected chi connectivity index (χ4v) is 4.60. The number of nitrogens with one attached hydrogen (secondary N) is 1. The maximum Gasteiger partial charge on any atom is 0.103 e. The highest BCUT2D eigenvalue weighted by Crippen LogP contribution is 2.35. The smallest absolute Gasteiger partial charge is 0.103 e. The number of aryl methyl sites for hydroxylation is 1. The van der Waals surface area contributed by atoms with E-state index >= 15 is 0 Å². The number of nitrogens with zero attached hydrogens (tertiary/aromatic N) is 2. The van der Waals surface area contributed by atoms with Crippen molar-refractivity contribution in [2.75, 3.05) is 13.2 Å². The van der Waals surface area contributed by atoms with Gasteiger partial charge in [0.15, 0.2) is 0 Å². The number of ether oxygens (including phenoxy) is 1. The summed E-state index contributed by atoms with van der Waals surface area (Å²) in [7, 11) is 2.01. The molecule has 1 aromatic carbocycles. The van der Waals surface area contributed by atoms with E-state index in [-0.39, 0.29) is 6.10 Å². The van der Waals surface area contributed by atoms with Crippen LogP contribution in [0.5, 0.6) is 0 Å². The van der Waals surface area contributed by atoms with E-state index in [1.165, 1.54) is 36.9 Å². The van der Waals surface area contributed by atoms with E-state index in [9.17, 15) is 0 Å². The Kier molecular flexibility index (Phi) is 5.18. The Morgan fingerprint density at radius 1 is 1.12 bits per heavy atom. The summed E-state index contributed by atoms with van der Waals surface area (Å²) in [4.78, 5) is 0. The third-order valence-corrected chi connectivity index (χ3v) is 6.01. The van der Waals surface area contributed by atoms with Crippen LogP contribution in [0, 0.1) is 11.8 Å². The van der Waals surface area contributed by atoms with Crippen molar-refractivity contribution in [2.45, 2.75) is 44.2 Å². The number of hydrogen-bond acceptors (Lipinski definition) is 3. The quantitative estimate of drug-likeness (QED) is 0.875. The largest absolute Gasteiger partial charge is 0.372 e. The predicted octanol–water partition coefficient (Wildman–Crippen LogP) is 3.50. The fraction of sp³-hybridized carbons (Fsp3) is 0.571. The van der Waals surface area contributed by atoms with E-state index in [0.29, 0.717) is 12.0 Å². The summed E-state index contributed by atoms with van der Waals surface area (Å²) in [6.45, 7) is 1.91. The molecule has 0 radical (unpaired) electrons. The highest BCUT2D eigenvalue weighted by atomic mass is 16.5. The van der Waals surface area contributed by atoms with E-state index in [0.717, 1.165) is 25.5 Å². The van der Waals surface area contributed by atoms with Crippen LogP contribution in [0.15, 0.2) is 42.6 Å². The van der Waals surface area contributed by atoms with E-state index in [2.05, 4.69) is 46.8 Å². The van der Waals surface area contributed by atoms with Crippen molar-refractivity contribution in [3.8, 4) is 0 Å². The molecular formula is C21H29N3O. The minimum absolute atomic E-state index is 0.189. The van der Waals surface area contributed by atoms with Crippen molar-refractivity contribution in [3.05, 3.63) is 53.9 Å². The molecule has 2 aliphatic rings. The van der Waals surface area contributed by atoms with Gasteiger partial charge in [0.2, 0.25) is 0 Å². The normalized spacial score (nSPS) is 29.3. The summed E-state index contributed by atoms with van der Waals surface area (Å²) in [6.07, 6.45) is 8.40. The van der Waals surface area contributed by atoms with Crippen molar-refractivity contribution in [3.63, 3.8) is 0 Å². The second-order valence-corrected chi connectivity index (χ2v) is 7.62. The van der Waals surface area contributed by atoms with Crippen LogP contribution < -0.4 is 5.32 Å². The van der Waals surface area contributed by atoms with E-state index in [1.807, 2.05) is 17.9 Å². The Balaban J connectivity index is 1.34. The Morgan fingerprint density at radius 3 is 2.80 bits per heavy atom. The lowest BCUT2D eigenvalue weighted by molar-refractivity contribution is 0.0827. The molecule has 2 heterocycles. The SMILES string of the molecule is Cn1nccc1[C@@H]1OCC[C@H]1CN[C@H]1CCC[C@H]1Cc1ccccc1. The molecule has 1 saturated carbocycles. The molecule has 0 spiro atoms. The summed E-state index contributed by atoms with van der Waals surface area (Å²) < 4.78 is 7.98. The monoisotopic (exact) mass is 339 g/mol. The highest BCUT2D eigenvalue weighted by Gasteiger charge is 2.33. The first-order chi connectivity index (χ1) is 12.3. The molecule has 1 aliphatic heterocycles. The molecule has 0 bridgehead atoms. The summed E-state index contributed by atoms with van der Waals surface area (Å²) in [6, 6.07) is 13.7. The fourth-order valence-electron chi connectivity index (χ4n) is 4.60. The van der Waals surface area contributed by atoms with Crippen molar-refractivity contribution >= 4 is 0 Å². The van der Waals surface area contributed by atoms with E-state index in [4.69, 9.17) is 4.74 Å². The molecule has 1 aliphatic carbocycles. The van der Waals surface area contributed by atoms with Gasteiger partial charge in [-0.3, -0.25) is 4.68 Å². The molecule has 4 atom stereocenters. The van der Waals surface area contributed by atoms with Crippen LogP contribution in [0.4, 0.5) is 0 Å². The third-order valence-electron chi connectivity index (χ3n) is 6.01. The lowest BCUT2D eigenvalue weighted by atomic mass is 9.93. The second kappa shape index (κ2) is 7.71. The van der Waals surface area contributed by atoms with Gasteiger partial charge in [-0.05, 0) is 43.2 Å². The molecule has 4 rings (SSSR count). The molecule has 4 nitrogen and oxygen atoms in total. The van der Waals surface area contributed by atoms with Gasteiger partial charge >= 0.3 is 0 Å². The molecule has 1 N–H and O–H groups in total. The minimum Gasteiger partial charge on any atom is -0.372 e. The molecule has 1 saturated heterocycles. The molecule has 4 heteroatoms. The van der Waals surface area contributed by atoms with Gasteiger partial charge in [-0.2, -0.15) is 5.10 Å². The number of benzene rings is 1. The minimum atomic E-state index is 0.189. The van der Waals surface area contributed by atoms with Crippen molar-refractivity contribution in [2.24, 2.45) is 18.9 Å². The molecule has 25 heavy (non-hydrogen) atoms. The van der Waals surface area contributed by atoms with Gasteiger partial charge in [-0.25, -0.2) is 0 Å². The van der Waals surface area contributed by atoms with Crippen molar-refractivity contribution < 1.29 is 4.74 Å². The topological polar surface area (TPSA) is 39.1 Å². The van der Waals surface area contributed by atoms with Crippen LogP contribution in [0.1, 0.15) is 43.0 Å². The molecule has 134 valence electrons. The average Bonchev–Trinajstić information content (AvgIpc) is 3.35. The Morgan fingerprint density at radius 2 is 2.00 bits per heavy atom. The van der Waals surface area contributed by atoms with Gasteiger partial charge in [-0.15, -0.1) is 0 Å². The van der Waals surface area contributed by atoms with Crippen LogP contribution >= 0.6 is 0 Å². The van der Waals surface area contributed by atoms with Gasteiger partial charge < -0.3 is 10.1 Å². The number of rotatable bonds is 6. The first-order valence-corrected chi connectivity index (χ1v) is 9.68. The molecular weight excluding hydrogens is 310 g/mol. The zero-order valence-corrected chi connectivity index (χ0v) is 15.1. The molecule has 2 fully saturated rings. The zero-order chi connectivity index (χ0) is 17.1. The second-order valence-electron chi connectivity index (χ2n) is 7.62. The lowest BCUT2D eigenvalue weighted by Crippen LogP contribution is -2.37. The first kappa shape index (κ1) is 16.8. The molecule has 0 amide bonds. The van der Waals surface area contributed by atoms with Crippen LogP contribution in [-0.2, 0) is 18.2 Å². The average molecular weight is 339 g/mol. The molecule has 1 aromatic heterocycles. The standard InChI is InChI=1S/C21H29N3O/c1-24-20(10-12-23-24)21-18(11-13-25-21)15-22-19-9-5-8-17(19)14-16-6-3-2-4-7-16/h2-4,6-7,10,12,17-19,21-22H,5,8-9,11,13-15H2,1H3/t17-,18-,19-,21+/m0/s1. The summed E-state index contributed by atoms with van der Waals surface area (Å²) in [5.74, 6) is 1.31. The molecule has 0 unspecified atom stereocenters. The van der Waals surface area contributed by atoms with Gasteiger partial charge in [-0.1, -0.05) is 36.8 Å². The summed E-state index contributed by atoms with van der Waals surface area (Å²) in [5.41, 5.74) is 2.68. The Labute approximate surface area is 150 Å². The Hall–Kier alpha value is -1.65. The van der Waals surface area contributed by atoms with Crippen molar-refractivity contribution in [1.29, 1.82) is 0 Å². The van der Waals surface area contributed by atoms with E-state index < -0.39 is 0 Å². The Bertz CT molecular complexity index is 669. The lowest BCUT2D eigenvalue weighted by Gasteiger charge is -2.25. The van der Waals surface area contributed by atoms with E-state index in [1.54, 1.807) is 0 Å². The maximum atomic E-state index is 6.03. The van der Waals surface area contributed by atoms with Gasteiger partial charge in [0.25, 0.3) is 0 Å². The number of hydrogen-bond donors (Lipinski definition) is 1. The van der Waals surface area contributed by atoms with Gasteiger partial charge in [0.05, 0.1) is 5.69 Å². The van der Waals surface area contributed by atoms with Gasteiger partial charge in [0, 0.05) is 38.4 Å².